The van der Waals surface area contributed by atoms with Crippen LogP contribution in [-0.4, -0.2) is 51.2 Å². The van der Waals surface area contributed by atoms with E-state index in [1.165, 1.54) is 24.7 Å². The molecule has 2 aromatic carbocycles. The molecule has 1 saturated carbocycles. The number of likely N-dealkylation sites (tertiary alicyclic amines) is 1. The first-order chi connectivity index (χ1) is 21.7. The van der Waals surface area contributed by atoms with Crippen molar-refractivity contribution in [2.45, 2.75) is 50.9 Å². The highest BCUT2D eigenvalue weighted by molar-refractivity contribution is 6.11. The van der Waals surface area contributed by atoms with Gasteiger partial charge in [-0.05, 0) is 68.1 Å². The van der Waals surface area contributed by atoms with E-state index in [-0.39, 0.29) is 17.5 Å². The quantitative estimate of drug-likeness (QED) is 0.175. The van der Waals surface area contributed by atoms with Gasteiger partial charge in [-0.1, -0.05) is 13.0 Å². The molecule has 2 amide bonds. The Labute approximate surface area is 256 Å². The third-order valence-corrected chi connectivity index (χ3v) is 8.55. The van der Waals surface area contributed by atoms with Gasteiger partial charge < -0.3 is 35.0 Å². The number of nitrogens with two attached hydrogens (primary N) is 1. The van der Waals surface area contributed by atoms with E-state index >= 15 is 0 Å². The largest absolute Gasteiger partial charge is 0.490 e. The zero-order valence-electron chi connectivity index (χ0n) is 24.5. The first-order valence-corrected chi connectivity index (χ1v) is 15.0. The summed E-state index contributed by atoms with van der Waals surface area (Å²) >= 11 is 0. The molecule has 3 aromatic heterocycles. The average Bonchev–Trinajstić information content (AvgIpc) is 3.59. The molecule has 234 valence electrons. The summed E-state index contributed by atoms with van der Waals surface area (Å²) in [7, 11) is 0. The van der Waals surface area contributed by atoms with Gasteiger partial charge in [-0.2, -0.15) is 13.2 Å². The number of aromatic nitrogens is 3. The van der Waals surface area contributed by atoms with E-state index in [1.54, 1.807) is 12.1 Å². The monoisotopic (exact) mass is 619 g/mol. The van der Waals surface area contributed by atoms with Gasteiger partial charge in [-0.3, -0.25) is 0 Å². The standard InChI is InChI=1S/C32H32F3N7O3/c1-2-41-12-9-20(10-13-41)45-26-8-3-18(15-24(26)32(33,34)35)39-31(43)40-25-7-6-21(22-11-14-44-28(22)25)23-16-42(19-4-5-19)30-27(23)29(36)37-17-38-30/h3,6-8,11,14-17,19-20H,2,4-5,9-10,12-13H2,1H3,(H2,36,37,38)(H2,39,40,43). The Balaban J connectivity index is 1.12. The predicted octanol–water partition coefficient (Wildman–Crippen LogP) is 7.29. The lowest BCUT2D eigenvalue weighted by molar-refractivity contribution is -0.139. The maximum atomic E-state index is 14.0. The fourth-order valence-electron chi connectivity index (χ4n) is 6.08. The zero-order valence-corrected chi connectivity index (χ0v) is 24.5. The second kappa shape index (κ2) is 11.3. The molecule has 2 fully saturated rings. The number of ether oxygens (including phenoxy) is 1. The minimum atomic E-state index is -4.67. The molecule has 5 aromatic rings. The first-order valence-electron chi connectivity index (χ1n) is 15.0. The number of alkyl halides is 3. The molecule has 0 atom stereocenters. The van der Waals surface area contributed by atoms with Gasteiger partial charge in [0.05, 0.1) is 22.9 Å². The van der Waals surface area contributed by atoms with Crippen molar-refractivity contribution in [3.8, 4) is 16.9 Å². The minimum absolute atomic E-state index is 0.0244. The van der Waals surface area contributed by atoms with E-state index in [4.69, 9.17) is 14.9 Å². The van der Waals surface area contributed by atoms with E-state index in [1.807, 2.05) is 12.3 Å². The molecule has 0 spiro atoms. The van der Waals surface area contributed by atoms with Crippen LogP contribution in [0.25, 0.3) is 33.1 Å². The van der Waals surface area contributed by atoms with Crippen LogP contribution < -0.4 is 21.1 Å². The van der Waals surface area contributed by atoms with E-state index in [2.05, 4.69) is 37.0 Å². The summed E-state index contributed by atoms with van der Waals surface area (Å²) in [6, 6.07) is 8.50. The highest BCUT2D eigenvalue weighted by Gasteiger charge is 2.36. The van der Waals surface area contributed by atoms with Crippen LogP contribution in [0.3, 0.4) is 0 Å². The zero-order chi connectivity index (χ0) is 31.3. The van der Waals surface area contributed by atoms with Crippen molar-refractivity contribution in [3.05, 3.63) is 60.7 Å². The summed E-state index contributed by atoms with van der Waals surface area (Å²) in [6.45, 7) is 4.50. The SMILES string of the molecule is CCN1CCC(Oc2ccc(NC(=O)Nc3ccc(-c4cn(C5CC5)c5ncnc(N)c45)c4ccoc34)cc2C(F)(F)F)CC1. The number of hydrogen-bond donors (Lipinski definition) is 3. The van der Waals surface area contributed by atoms with Gasteiger partial charge in [0, 0.05) is 42.0 Å². The number of nitrogens with one attached hydrogen (secondary N) is 2. The summed E-state index contributed by atoms with van der Waals surface area (Å²) in [5, 5.41) is 6.69. The summed E-state index contributed by atoms with van der Waals surface area (Å²) in [5.41, 5.74) is 8.50. The second-order valence-corrected chi connectivity index (χ2v) is 11.5. The summed E-state index contributed by atoms with van der Waals surface area (Å²) < 4.78 is 55.7. The third-order valence-electron chi connectivity index (χ3n) is 8.55. The van der Waals surface area contributed by atoms with Crippen molar-refractivity contribution in [1.82, 2.24) is 19.4 Å². The molecule has 13 heteroatoms. The molecule has 45 heavy (non-hydrogen) atoms. The van der Waals surface area contributed by atoms with E-state index in [0.29, 0.717) is 36.0 Å². The number of nitrogens with zero attached hydrogens (tertiary/aromatic N) is 4. The number of urea groups is 1. The average molecular weight is 620 g/mol. The number of nitrogen functional groups attached to an aromatic ring is 1. The first kappa shape index (κ1) is 29.0. The molecular formula is C32H32F3N7O3. The van der Waals surface area contributed by atoms with E-state index in [9.17, 15) is 18.0 Å². The van der Waals surface area contributed by atoms with Crippen molar-refractivity contribution in [2.75, 3.05) is 36.0 Å². The van der Waals surface area contributed by atoms with Crippen molar-refractivity contribution in [1.29, 1.82) is 0 Å². The van der Waals surface area contributed by atoms with Crippen LogP contribution in [0.1, 0.15) is 44.2 Å². The van der Waals surface area contributed by atoms with Gasteiger partial charge in [-0.25, -0.2) is 14.8 Å². The lowest BCUT2D eigenvalue weighted by atomic mass is 10.0. The number of carbonyl (C=O) groups is 1. The Bertz CT molecular complexity index is 1890. The topological polar surface area (TPSA) is 123 Å². The van der Waals surface area contributed by atoms with E-state index < -0.39 is 17.8 Å². The molecule has 2 aliphatic rings. The number of rotatable bonds is 7. The van der Waals surface area contributed by atoms with E-state index in [0.717, 1.165) is 66.1 Å². The van der Waals surface area contributed by atoms with Crippen molar-refractivity contribution >= 4 is 45.2 Å². The van der Waals surface area contributed by atoms with Crippen LogP contribution in [0.5, 0.6) is 5.75 Å². The molecule has 10 nitrogen and oxygen atoms in total. The fourth-order valence-corrected chi connectivity index (χ4v) is 6.08. The van der Waals surface area contributed by atoms with Crippen LogP contribution in [0.15, 0.2) is 59.6 Å². The Morgan fingerprint density at radius 1 is 1.07 bits per heavy atom. The lowest BCUT2D eigenvalue weighted by Crippen LogP contribution is -2.38. The molecule has 0 bridgehead atoms. The summed E-state index contributed by atoms with van der Waals surface area (Å²) in [6.07, 6.45) is 3.44. The Morgan fingerprint density at radius 3 is 2.60 bits per heavy atom. The summed E-state index contributed by atoms with van der Waals surface area (Å²) in [5.74, 6) is 0.120. The number of benzene rings is 2. The molecular weight excluding hydrogens is 587 g/mol. The highest BCUT2D eigenvalue weighted by Crippen LogP contribution is 2.44. The summed E-state index contributed by atoms with van der Waals surface area (Å²) in [4.78, 5) is 23.9. The highest BCUT2D eigenvalue weighted by atomic mass is 19.4. The molecule has 0 radical (unpaired) electrons. The Hall–Kier alpha value is -4.78. The van der Waals surface area contributed by atoms with Gasteiger partial charge in [0.15, 0.2) is 5.58 Å². The number of anilines is 3. The molecule has 4 N–H and O–H groups in total. The maximum Gasteiger partial charge on any atom is 0.420 e. The molecule has 4 heterocycles. The van der Waals surface area contributed by atoms with Gasteiger partial charge >= 0.3 is 12.2 Å². The predicted molar refractivity (Wildman–Crippen MR) is 165 cm³/mol. The van der Waals surface area contributed by atoms with Gasteiger partial charge in [0.2, 0.25) is 0 Å². The van der Waals surface area contributed by atoms with Crippen molar-refractivity contribution in [3.63, 3.8) is 0 Å². The number of carbonyl (C=O) groups excluding carboxylic acids is 1. The van der Waals surface area contributed by atoms with Crippen LogP contribution in [-0.2, 0) is 6.18 Å². The number of piperidine rings is 1. The number of halogens is 3. The van der Waals surface area contributed by atoms with Gasteiger partial charge in [-0.15, -0.1) is 0 Å². The van der Waals surface area contributed by atoms with Gasteiger partial charge in [0.1, 0.15) is 29.6 Å². The normalized spacial score (nSPS) is 16.4. The number of hydrogen-bond acceptors (Lipinski definition) is 7. The number of furan rings is 1. The van der Waals surface area contributed by atoms with Crippen LogP contribution in [0.4, 0.5) is 35.2 Å². The molecule has 1 aliphatic heterocycles. The van der Waals surface area contributed by atoms with Gasteiger partial charge in [0.25, 0.3) is 0 Å². The lowest BCUT2D eigenvalue weighted by Gasteiger charge is -2.31. The number of amides is 2. The maximum absolute atomic E-state index is 14.0. The fraction of sp³-hybridized carbons (Fsp3) is 0.344. The van der Waals surface area contributed by atoms with Crippen molar-refractivity contribution < 1.29 is 27.1 Å². The van der Waals surface area contributed by atoms with Crippen LogP contribution >= 0.6 is 0 Å². The molecule has 1 aliphatic carbocycles. The Morgan fingerprint density at radius 2 is 1.87 bits per heavy atom. The molecule has 7 rings (SSSR count). The Kier molecular flexibility index (Phi) is 7.27. The number of fused-ring (bicyclic) bond motifs is 2. The molecule has 1 saturated heterocycles. The van der Waals surface area contributed by atoms with Crippen LogP contribution in [0, 0.1) is 0 Å². The van der Waals surface area contributed by atoms with Crippen LogP contribution in [0.2, 0.25) is 0 Å². The second-order valence-electron chi connectivity index (χ2n) is 11.5. The minimum Gasteiger partial charge on any atom is -0.490 e. The molecule has 0 unspecified atom stereocenters. The smallest absolute Gasteiger partial charge is 0.420 e. The third kappa shape index (κ3) is 5.63. The van der Waals surface area contributed by atoms with Crippen molar-refractivity contribution in [2.24, 2.45) is 0 Å².